The molecule has 0 amide bonds. The van der Waals surface area contributed by atoms with Gasteiger partial charge >= 0.3 is 0 Å². The molecule has 0 fully saturated rings. The third-order valence-electron chi connectivity index (χ3n) is 4.47. The van der Waals surface area contributed by atoms with Gasteiger partial charge in [-0.25, -0.2) is 0 Å². The lowest BCUT2D eigenvalue weighted by molar-refractivity contribution is 1.15. The fraction of sp³-hybridized carbons (Fsp3) is 0.412. The van der Waals surface area contributed by atoms with Crippen LogP contribution in [0.3, 0.4) is 0 Å². The quantitative estimate of drug-likeness (QED) is 0.634. The predicted molar refractivity (Wildman–Crippen MR) is 76.5 cm³/mol. The molecule has 0 saturated heterocycles. The Morgan fingerprint density at radius 2 is 1.18 bits per heavy atom. The van der Waals surface area contributed by atoms with Gasteiger partial charge in [0.2, 0.25) is 0 Å². The van der Waals surface area contributed by atoms with E-state index in [9.17, 15) is 0 Å². The average Bonchev–Trinajstić information content (AvgIpc) is 2.71. The molecule has 0 unspecified atom stereocenters. The maximum Gasteiger partial charge on any atom is -0.00855 e. The highest BCUT2D eigenvalue weighted by atomic mass is 14.2. The summed E-state index contributed by atoms with van der Waals surface area (Å²) in [5.41, 5.74) is 11.7. The van der Waals surface area contributed by atoms with E-state index >= 15 is 0 Å². The van der Waals surface area contributed by atoms with Gasteiger partial charge in [-0.1, -0.05) is 12.2 Å². The molecule has 2 rings (SSSR count). The summed E-state index contributed by atoms with van der Waals surface area (Å²) < 4.78 is 0. The Hall–Kier alpha value is -1.30. The summed E-state index contributed by atoms with van der Waals surface area (Å²) in [7, 11) is 0. The van der Waals surface area contributed by atoms with Crippen LogP contribution >= 0.6 is 0 Å². The summed E-state index contributed by atoms with van der Waals surface area (Å²) in [5, 5.41) is 0. The van der Waals surface area contributed by atoms with Crippen LogP contribution in [0.2, 0.25) is 0 Å². The fourth-order valence-corrected chi connectivity index (χ4v) is 2.87. The molecule has 0 bridgehead atoms. The molecule has 1 aliphatic rings. The van der Waals surface area contributed by atoms with Crippen molar-refractivity contribution in [3.05, 3.63) is 51.1 Å². The zero-order valence-electron chi connectivity index (χ0n) is 11.9. The molecule has 0 radical (unpaired) electrons. The topological polar surface area (TPSA) is 0 Å². The van der Waals surface area contributed by atoms with Crippen LogP contribution in [-0.2, 0) is 0 Å². The first-order valence-electron chi connectivity index (χ1n) is 6.38. The summed E-state index contributed by atoms with van der Waals surface area (Å²) in [4.78, 5) is 0. The highest BCUT2D eigenvalue weighted by molar-refractivity contribution is 5.79. The van der Waals surface area contributed by atoms with Gasteiger partial charge in [-0.3, -0.25) is 0 Å². The van der Waals surface area contributed by atoms with Crippen molar-refractivity contribution in [3.8, 4) is 0 Å². The van der Waals surface area contributed by atoms with Crippen LogP contribution in [0.15, 0.2) is 17.7 Å². The molecule has 0 aliphatic heterocycles. The first kappa shape index (κ1) is 12.2. The first-order chi connectivity index (χ1) is 7.95. The van der Waals surface area contributed by atoms with E-state index in [1.54, 1.807) is 0 Å². The van der Waals surface area contributed by atoms with E-state index in [-0.39, 0.29) is 0 Å². The molecule has 0 spiro atoms. The Morgan fingerprint density at radius 1 is 0.706 bits per heavy atom. The molecule has 0 aromatic heterocycles. The van der Waals surface area contributed by atoms with Crippen molar-refractivity contribution in [1.29, 1.82) is 0 Å². The maximum atomic E-state index is 2.27. The van der Waals surface area contributed by atoms with Gasteiger partial charge in [-0.05, 0) is 92.5 Å². The van der Waals surface area contributed by atoms with Crippen LogP contribution in [0.25, 0.3) is 5.57 Å². The smallest absolute Gasteiger partial charge is 0.00855 e. The van der Waals surface area contributed by atoms with Crippen molar-refractivity contribution in [2.45, 2.75) is 48.0 Å². The second-order valence-corrected chi connectivity index (χ2v) is 5.27. The molecule has 0 heteroatoms. The van der Waals surface area contributed by atoms with Crippen LogP contribution < -0.4 is 0 Å². The third-order valence-corrected chi connectivity index (χ3v) is 4.47. The number of hydrogen-bond donors (Lipinski definition) is 0. The molecule has 0 N–H and O–H groups in total. The van der Waals surface area contributed by atoms with Gasteiger partial charge in [0.1, 0.15) is 0 Å². The van der Waals surface area contributed by atoms with Gasteiger partial charge in [0.15, 0.2) is 0 Å². The van der Waals surface area contributed by atoms with E-state index in [1.807, 2.05) is 0 Å². The van der Waals surface area contributed by atoms with E-state index in [2.05, 4.69) is 53.7 Å². The molecule has 1 aliphatic carbocycles. The van der Waals surface area contributed by atoms with Gasteiger partial charge < -0.3 is 0 Å². The second kappa shape index (κ2) is 4.18. The summed E-state index contributed by atoms with van der Waals surface area (Å²) in [5.74, 6) is 0. The summed E-state index contributed by atoms with van der Waals surface area (Å²) in [6, 6.07) is 0. The largest absolute Gasteiger partial charge is 0.0798 e. The Kier molecular flexibility index (Phi) is 2.99. The van der Waals surface area contributed by atoms with Crippen molar-refractivity contribution in [3.63, 3.8) is 0 Å². The molecule has 0 heterocycles. The van der Waals surface area contributed by atoms with Crippen LogP contribution in [0.4, 0.5) is 0 Å². The number of allylic oxidation sites excluding steroid dienone is 4. The lowest BCUT2D eigenvalue weighted by Crippen LogP contribution is -2.02. The Morgan fingerprint density at radius 3 is 1.59 bits per heavy atom. The highest BCUT2D eigenvalue weighted by Gasteiger charge is 2.17. The molecule has 1 aromatic rings. The van der Waals surface area contributed by atoms with Crippen LogP contribution in [0, 0.1) is 34.6 Å². The van der Waals surface area contributed by atoms with Crippen LogP contribution in [0.1, 0.15) is 46.7 Å². The minimum Gasteiger partial charge on any atom is -0.0798 e. The van der Waals surface area contributed by atoms with E-state index in [0.29, 0.717) is 0 Å². The second-order valence-electron chi connectivity index (χ2n) is 5.27. The monoisotopic (exact) mass is 226 g/mol. The molecule has 0 atom stereocenters. The average molecular weight is 226 g/mol. The molecule has 0 saturated carbocycles. The van der Waals surface area contributed by atoms with Gasteiger partial charge in [0, 0.05) is 0 Å². The lowest BCUT2D eigenvalue weighted by atomic mass is 9.85. The summed E-state index contributed by atoms with van der Waals surface area (Å²) in [6.07, 6.45) is 5.61. The Bertz CT molecular complexity index is 511. The molecule has 1 aromatic carbocycles. The first-order valence-corrected chi connectivity index (χ1v) is 6.38. The molecule has 0 nitrogen and oxygen atoms in total. The minimum absolute atomic E-state index is 1.09. The zero-order valence-corrected chi connectivity index (χ0v) is 11.9. The minimum atomic E-state index is 1.09. The number of hydrogen-bond acceptors (Lipinski definition) is 0. The fourth-order valence-electron chi connectivity index (χ4n) is 2.87. The SMILES string of the molecule is CC1=C(c2c(C)c(C)c(C)c(C)c2C)CC=C1. The highest BCUT2D eigenvalue weighted by Crippen LogP contribution is 2.36. The van der Waals surface area contributed by atoms with Crippen molar-refractivity contribution in [2.24, 2.45) is 0 Å². The molecule has 17 heavy (non-hydrogen) atoms. The van der Waals surface area contributed by atoms with Crippen molar-refractivity contribution in [2.75, 3.05) is 0 Å². The summed E-state index contributed by atoms with van der Waals surface area (Å²) >= 11 is 0. The zero-order chi connectivity index (χ0) is 12.7. The van der Waals surface area contributed by atoms with E-state index in [1.165, 1.54) is 44.5 Å². The van der Waals surface area contributed by atoms with E-state index in [4.69, 9.17) is 0 Å². The lowest BCUT2D eigenvalue weighted by Gasteiger charge is -2.20. The van der Waals surface area contributed by atoms with E-state index in [0.717, 1.165) is 6.42 Å². The third kappa shape index (κ3) is 1.76. The number of benzene rings is 1. The van der Waals surface area contributed by atoms with Gasteiger partial charge in [0.25, 0.3) is 0 Å². The summed E-state index contributed by atoms with van der Waals surface area (Å²) in [6.45, 7) is 13.5. The van der Waals surface area contributed by atoms with Gasteiger partial charge in [0.05, 0.1) is 0 Å². The Labute approximate surface area is 105 Å². The van der Waals surface area contributed by atoms with Crippen molar-refractivity contribution < 1.29 is 0 Å². The van der Waals surface area contributed by atoms with Crippen LogP contribution in [0.5, 0.6) is 0 Å². The van der Waals surface area contributed by atoms with Crippen molar-refractivity contribution >= 4 is 5.57 Å². The predicted octanol–water partition coefficient (Wildman–Crippen LogP) is 4.96. The van der Waals surface area contributed by atoms with Gasteiger partial charge in [-0.15, -0.1) is 0 Å². The molecule has 90 valence electrons. The number of rotatable bonds is 1. The maximum absolute atomic E-state index is 2.27. The van der Waals surface area contributed by atoms with E-state index < -0.39 is 0 Å². The normalized spacial score (nSPS) is 14.9. The van der Waals surface area contributed by atoms with Crippen molar-refractivity contribution in [1.82, 2.24) is 0 Å². The van der Waals surface area contributed by atoms with Crippen LogP contribution in [-0.4, -0.2) is 0 Å². The molecular formula is C17H22. The standard InChI is InChI=1S/C17H22/c1-10-8-7-9-16(10)17-14(5)12(3)11(2)13(4)15(17)6/h7-8H,9H2,1-6H3. The van der Waals surface area contributed by atoms with Gasteiger partial charge in [-0.2, -0.15) is 0 Å². The Balaban J connectivity index is 2.76. The molecular weight excluding hydrogens is 204 g/mol.